The average Bonchev–Trinajstić information content (AvgIpc) is 2.46. The number of hydrogen-bond acceptors (Lipinski definition) is 4. The van der Waals surface area contributed by atoms with Crippen LogP contribution in [0.3, 0.4) is 0 Å². The number of nitrogens with zero attached hydrogens (tertiary/aromatic N) is 2. The molecular weight excluding hydrogens is 336 g/mol. The summed E-state index contributed by atoms with van der Waals surface area (Å²) in [6.07, 6.45) is 1.54. The molecule has 2 rings (SSSR count). The highest BCUT2D eigenvalue weighted by atomic mass is 79.9. The van der Waals surface area contributed by atoms with Crippen LogP contribution in [-0.4, -0.2) is 16.9 Å². The van der Waals surface area contributed by atoms with Gasteiger partial charge in [-0.05, 0) is 58.7 Å². The molecule has 0 saturated carbocycles. The van der Waals surface area contributed by atoms with Gasteiger partial charge in [0.1, 0.15) is 0 Å². The zero-order chi connectivity index (χ0) is 15.4. The van der Waals surface area contributed by atoms with Gasteiger partial charge < -0.3 is 0 Å². The van der Waals surface area contributed by atoms with Gasteiger partial charge in [-0.15, -0.1) is 0 Å². The molecule has 0 amide bonds. The fourth-order valence-corrected chi connectivity index (χ4v) is 2.07. The van der Waals surface area contributed by atoms with Crippen molar-refractivity contribution in [2.75, 3.05) is 0 Å². The van der Waals surface area contributed by atoms with E-state index in [9.17, 15) is 14.9 Å². The first-order valence-electron chi connectivity index (χ1n) is 6.06. The summed E-state index contributed by atoms with van der Waals surface area (Å²) in [6.45, 7) is 1.50. The second-order valence-corrected chi connectivity index (χ2v) is 5.18. The van der Waals surface area contributed by atoms with Gasteiger partial charge in [-0.3, -0.25) is 19.9 Å². The van der Waals surface area contributed by atoms with Crippen LogP contribution in [0.5, 0.6) is 0 Å². The first-order chi connectivity index (χ1) is 9.97. The minimum absolute atomic E-state index is 0.00550. The van der Waals surface area contributed by atoms with Gasteiger partial charge in [0.25, 0.3) is 5.69 Å². The summed E-state index contributed by atoms with van der Waals surface area (Å²) in [6, 6.07) is 11.6. The van der Waals surface area contributed by atoms with Gasteiger partial charge in [-0.25, -0.2) is 0 Å². The Hall–Kier alpha value is -2.34. The molecule has 21 heavy (non-hydrogen) atoms. The molecule has 0 unspecified atom stereocenters. The van der Waals surface area contributed by atoms with Gasteiger partial charge >= 0.3 is 0 Å². The van der Waals surface area contributed by atoms with E-state index in [1.54, 1.807) is 42.6 Å². The number of hydrogen-bond donors (Lipinski definition) is 0. The number of Topliss-reactive ketones (excluding diaryl/α,β-unsaturated/α-hetero) is 1. The van der Waals surface area contributed by atoms with E-state index in [0.717, 1.165) is 0 Å². The lowest BCUT2D eigenvalue weighted by Crippen LogP contribution is -1.91. The van der Waals surface area contributed by atoms with Crippen LogP contribution in [0, 0.1) is 10.1 Å². The first-order valence-corrected chi connectivity index (χ1v) is 6.85. The summed E-state index contributed by atoms with van der Waals surface area (Å²) >= 11 is 3.13. The van der Waals surface area contributed by atoms with Crippen molar-refractivity contribution < 1.29 is 9.72 Å². The number of aliphatic imine (C=N–C) groups is 1. The van der Waals surface area contributed by atoms with Crippen molar-refractivity contribution in [3.05, 3.63) is 68.2 Å². The topological polar surface area (TPSA) is 72.6 Å². The minimum Gasteiger partial charge on any atom is -0.295 e. The molecule has 0 radical (unpaired) electrons. The summed E-state index contributed by atoms with van der Waals surface area (Å²) < 4.78 is 0.426. The fourth-order valence-electron chi connectivity index (χ4n) is 1.68. The van der Waals surface area contributed by atoms with Crippen molar-refractivity contribution in [3.63, 3.8) is 0 Å². The minimum atomic E-state index is -0.455. The van der Waals surface area contributed by atoms with Crippen LogP contribution in [-0.2, 0) is 0 Å². The molecular formula is C15H11BrN2O3. The third-order valence-electron chi connectivity index (χ3n) is 2.80. The Balaban J connectivity index is 2.23. The first kappa shape index (κ1) is 15.1. The Morgan fingerprint density at radius 1 is 1.24 bits per heavy atom. The Bertz CT molecular complexity index is 724. The molecule has 0 spiro atoms. The van der Waals surface area contributed by atoms with Crippen molar-refractivity contribution in [2.24, 2.45) is 4.99 Å². The monoisotopic (exact) mass is 346 g/mol. The van der Waals surface area contributed by atoms with Gasteiger partial charge in [0.15, 0.2) is 5.78 Å². The molecule has 6 heteroatoms. The molecule has 0 aliphatic rings. The van der Waals surface area contributed by atoms with E-state index in [2.05, 4.69) is 20.9 Å². The van der Waals surface area contributed by atoms with Gasteiger partial charge in [-0.1, -0.05) is 6.07 Å². The Labute approximate surface area is 129 Å². The van der Waals surface area contributed by atoms with Gasteiger partial charge in [0, 0.05) is 17.8 Å². The molecule has 2 aromatic carbocycles. The molecule has 0 aromatic heterocycles. The summed E-state index contributed by atoms with van der Waals surface area (Å²) in [5.74, 6) is -0.00550. The molecule has 0 fully saturated rings. The molecule has 0 atom stereocenters. The van der Waals surface area contributed by atoms with Crippen molar-refractivity contribution in [3.8, 4) is 0 Å². The predicted molar refractivity (Wildman–Crippen MR) is 84.5 cm³/mol. The third kappa shape index (κ3) is 3.82. The average molecular weight is 347 g/mol. The van der Waals surface area contributed by atoms with E-state index >= 15 is 0 Å². The largest absolute Gasteiger partial charge is 0.295 e. The number of carbonyl (C=O) groups excluding carboxylic acids is 1. The molecule has 0 saturated heterocycles. The van der Waals surface area contributed by atoms with Crippen LogP contribution < -0.4 is 0 Å². The SMILES string of the molecule is CC(=O)c1ccc(N=Cc2ccc(Br)c([N+](=O)[O-])c2)cc1. The van der Waals surface area contributed by atoms with Crippen molar-refractivity contribution in [1.29, 1.82) is 0 Å². The van der Waals surface area contributed by atoms with Crippen LogP contribution in [0.1, 0.15) is 22.8 Å². The number of rotatable bonds is 4. The fraction of sp³-hybridized carbons (Fsp3) is 0.0667. The number of benzene rings is 2. The van der Waals surface area contributed by atoms with Crippen LogP contribution in [0.25, 0.3) is 0 Å². The summed E-state index contributed by atoms with van der Waals surface area (Å²) in [7, 11) is 0. The van der Waals surface area contributed by atoms with Gasteiger partial charge in [0.05, 0.1) is 15.1 Å². The number of carbonyl (C=O) groups is 1. The number of ketones is 1. The molecule has 5 nitrogen and oxygen atoms in total. The summed E-state index contributed by atoms with van der Waals surface area (Å²) in [4.78, 5) is 25.8. The number of halogens is 1. The maximum atomic E-state index is 11.2. The smallest absolute Gasteiger partial charge is 0.284 e. The maximum Gasteiger partial charge on any atom is 0.284 e. The van der Waals surface area contributed by atoms with E-state index in [1.807, 2.05) is 0 Å². The second-order valence-electron chi connectivity index (χ2n) is 4.33. The lowest BCUT2D eigenvalue weighted by Gasteiger charge is -1.98. The summed E-state index contributed by atoms with van der Waals surface area (Å²) in [5, 5.41) is 10.8. The molecule has 0 heterocycles. The molecule has 106 valence electrons. The zero-order valence-electron chi connectivity index (χ0n) is 11.1. The Morgan fingerprint density at radius 2 is 1.90 bits per heavy atom. The molecule has 0 bridgehead atoms. The molecule has 2 aromatic rings. The van der Waals surface area contributed by atoms with E-state index in [1.165, 1.54) is 13.0 Å². The molecule has 0 aliphatic carbocycles. The highest BCUT2D eigenvalue weighted by Gasteiger charge is 2.11. The van der Waals surface area contributed by atoms with E-state index in [0.29, 0.717) is 21.3 Å². The third-order valence-corrected chi connectivity index (χ3v) is 3.47. The highest BCUT2D eigenvalue weighted by molar-refractivity contribution is 9.10. The van der Waals surface area contributed by atoms with Crippen molar-refractivity contribution >= 4 is 39.3 Å². The van der Waals surface area contributed by atoms with Crippen LogP contribution >= 0.6 is 15.9 Å². The number of nitro groups is 1. The zero-order valence-corrected chi connectivity index (χ0v) is 12.7. The van der Waals surface area contributed by atoms with E-state index in [4.69, 9.17) is 0 Å². The van der Waals surface area contributed by atoms with Crippen LogP contribution in [0.4, 0.5) is 11.4 Å². The summed E-state index contributed by atoms with van der Waals surface area (Å²) in [5.41, 5.74) is 1.91. The van der Waals surface area contributed by atoms with Crippen LogP contribution in [0.2, 0.25) is 0 Å². The highest BCUT2D eigenvalue weighted by Crippen LogP contribution is 2.25. The quantitative estimate of drug-likeness (QED) is 0.358. The predicted octanol–water partition coefficient (Wildman–Crippen LogP) is 4.31. The standard InChI is InChI=1S/C15H11BrN2O3/c1-10(19)12-3-5-13(6-4-12)17-9-11-2-7-14(16)15(8-11)18(20)21/h2-9H,1H3. The van der Waals surface area contributed by atoms with Gasteiger partial charge in [-0.2, -0.15) is 0 Å². The second kappa shape index (κ2) is 6.41. The number of nitro benzene ring substituents is 1. The Morgan fingerprint density at radius 3 is 2.48 bits per heavy atom. The van der Waals surface area contributed by atoms with Gasteiger partial charge in [0.2, 0.25) is 0 Å². The molecule has 0 aliphatic heterocycles. The maximum absolute atomic E-state index is 11.2. The lowest BCUT2D eigenvalue weighted by molar-refractivity contribution is -0.385. The molecule has 0 N–H and O–H groups in total. The van der Waals surface area contributed by atoms with Crippen molar-refractivity contribution in [2.45, 2.75) is 6.92 Å². The Kier molecular flexibility index (Phi) is 4.59. The normalized spacial score (nSPS) is 10.8. The van der Waals surface area contributed by atoms with Crippen molar-refractivity contribution in [1.82, 2.24) is 0 Å². The lowest BCUT2D eigenvalue weighted by atomic mass is 10.1. The van der Waals surface area contributed by atoms with E-state index < -0.39 is 4.92 Å². The van der Waals surface area contributed by atoms with E-state index in [-0.39, 0.29) is 11.5 Å². The van der Waals surface area contributed by atoms with Crippen LogP contribution in [0.15, 0.2) is 51.9 Å².